The smallest absolute Gasteiger partial charge is 0.234 e. The van der Waals surface area contributed by atoms with Crippen LogP contribution in [0.4, 0.5) is 0 Å². The summed E-state index contributed by atoms with van der Waals surface area (Å²) >= 11 is 7.17. The van der Waals surface area contributed by atoms with Crippen LogP contribution in [0.1, 0.15) is 12.7 Å². The highest BCUT2D eigenvalue weighted by molar-refractivity contribution is 8.00. The summed E-state index contributed by atoms with van der Waals surface area (Å²) in [6.07, 6.45) is 6.89. The maximum absolute atomic E-state index is 12.0. The van der Waals surface area contributed by atoms with Gasteiger partial charge in [-0.25, -0.2) is 0 Å². The Morgan fingerprint density at radius 3 is 2.88 bits per heavy atom. The molecule has 1 N–H and O–H groups in total. The van der Waals surface area contributed by atoms with Crippen LogP contribution in [0.25, 0.3) is 0 Å². The number of nitrogens with zero attached hydrogens (tertiary/aromatic N) is 3. The molecule has 6 nitrogen and oxygen atoms in total. The van der Waals surface area contributed by atoms with Gasteiger partial charge in [-0.3, -0.25) is 9.36 Å². The molecule has 0 saturated carbocycles. The van der Waals surface area contributed by atoms with Gasteiger partial charge in [0, 0.05) is 11.6 Å². The molecule has 0 fully saturated rings. The number of benzene rings is 1. The van der Waals surface area contributed by atoms with Crippen LogP contribution in [-0.4, -0.2) is 32.5 Å². The van der Waals surface area contributed by atoms with Gasteiger partial charge in [0.1, 0.15) is 12.4 Å². The summed E-state index contributed by atoms with van der Waals surface area (Å²) in [4.78, 5) is 12.0. The Hall–Kier alpha value is -2.43. The lowest BCUT2D eigenvalue weighted by Crippen LogP contribution is -2.31. The van der Waals surface area contributed by atoms with Crippen LogP contribution >= 0.6 is 23.4 Å². The van der Waals surface area contributed by atoms with E-state index in [0.29, 0.717) is 28.3 Å². The second-order valence-corrected chi connectivity index (χ2v) is 6.97. The van der Waals surface area contributed by atoms with Crippen molar-refractivity contribution in [1.82, 2.24) is 20.1 Å². The highest BCUT2D eigenvalue weighted by Crippen LogP contribution is 2.23. The fourth-order valence-electron chi connectivity index (χ4n) is 2.00. The minimum atomic E-state index is -0.360. The molecule has 1 atom stereocenters. The van der Waals surface area contributed by atoms with E-state index in [-0.39, 0.29) is 24.3 Å². The number of thioether (sulfide) groups is 1. The summed E-state index contributed by atoms with van der Waals surface area (Å²) in [5.41, 5.74) is 0. The van der Waals surface area contributed by atoms with Gasteiger partial charge in [-0.15, -0.1) is 23.2 Å². The molecule has 1 aromatic heterocycles. The Morgan fingerprint density at radius 2 is 2.23 bits per heavy atom. The second-order valence-electron chi connectivity index (χ2n) is 5.22. The minimum absolute atomic E-state index is 0.153. The predicted molar refractivity (Wildman–Crippen MR) is 103 cm³/mol. The average Bonchev–Trinajstić information content (AvgIpc) is 3.01. The Morgan fingerprint density at radius 1 is 1.50 bits per heavy atom. The van der Waals surface area contributed by atoms with E-state index >= 15 is 0 Å². The van der Waals surface area contributed by atoms with E-state index < -0.39 is 0 Å². The van der Waals surface area contributed by atoms with E-state index in [2.05, 4.69) is 28.0 Å². The fourth-order valence-corrected chi connectivity index (χ4v) is 3.03. The van der Waals surface area contributed by atoms with Gasteiger partial charge in [-0.05, 0) is 31.2 Å². The van der Waals surface area contributed by atoms with Crippen LogP contribution in [0.2, 0.25) is 5.02 Å². The molecule has 0 aliphatic rings. The van der Waals surface area contributed by atoms with Gasteiger partial charge >= 0.3 is 0 Å². The number of amides is 1. The summed E-state index contributed by atoms with van der Waals surface area (Å²) in [5, 5.41) is 11.9. The van der Waals surface area contributed by atoms with E-state index in [4.69, 9.17) is 22.8 Å². The third kappa shape index (κ3) is 5.55. The Kier molecular flexibility index (Phi) is 7.57. The van der Waals surface area contributed by atoms with Crippen molar-refractivity contribution < 1.29 is 9.53 Å². The number of aromatic nitrogens is 3. The number of ether oxygens (including phenoxy) is 1. The summed E-state index contributed by atoms with van der Waals surface area (Å²) < 4.78 is 7.59. The third-order valence-electron chi connectivity index (χ3n) is 3.30. The largest absolute Gasteiger partial charge is 0.486 e. The molecule has 0 bridgehead atoms. The van der Waals surface area contributed by atoms with Gasteiger partial charge in [-0.2, -0.15) is 0 Å². The third-order valence-corrected chi connectivity index (χ3v) is 4.64. The number of terminal acetylenes is 1. The number of rotatable bonds is 9. The molecule has 1 aromatic carbocycles. The van der Waals surface area contributed by atoms with Crippen molar-refractivity contribution in [1.29, 1.82) is 0 Å². The molecule has 1 unspecified atom stereocenters. The summed E-state index contributed by atoms with van der Waals surface area (Å²) in [6.45, 7) is 6.48. The maximum Gasteiger partial charge on any atom is 0.234 e. The zero-order valence-electron chi connectivity index (χ0n) is 14.3. The summed E-state index contributed by atoms with van der Waals surface area (Å²) in [6, 6.07) is 7.07. The van der Waals surface area contributed by atoms with Crippen LogP contribution in [0, 0.1) is 12.3 Å². The number of carbonyl (C=O) groups excluding carboxylic acids is 1. The Labute approximate surface area is 162 Å². The van der Waals surface area contributed by atoms with E-state index in [9.17, 15) is 4.79 Å². The van der Waals surface area contributed by atoms with E-state index in [1.165, 1.54) is 11.8 Å². The highest BCUT2D eigenvalue weighted by Gasteiger charge is 2.19. The van der Waals surface area contributed by atoms with Gasteiger partial charge in [0.05, 0.1) is 11.8 Å². The molecule has 0 spiro atoms. The van der Waals surface area contributed by atoms with Crippen LogP contribution in [-0.2, 0) is 17.9 Å². The van der Waals surface area contributed by atoms with Gasteiger partial charge in [0.15, 0.2) is 11.0 Å². The molecule has 0 saturated heterocycles. The topological polar surface area (TPSA) is 69.0 Å². The molecule has 1 heterocycles. The van der Waals surface area contributed by atoms with Crippen molar-refractivity contribution in [3.05, 3.63) is 47.8 Å². The van der Waals surface area contributed by atoms with Gasteiger partial charge in [0.2, 0.25) is 5.91 Å². The van der Waals surface area contributed by atoms with E-state index in [0.717, 1.165) is 0 Å². The number of allylic oxidation sites excluding steroid dienone is 1. The number of hydrogen-bond donors (Lipinski definition) is 1. The van der Waals surface area contributed by atoms with E-state index in [1.807, 2.05) is 4.57 Å². The SMILES string of the molecule is C#CCNC(=O)C(C)Sc1nnc(COc2ccc(Cl)cc2)n1CC=C. The van der Waals surface area contributed by atoms with Crippen LogP contribution in [0.15, 0.2) is 42.1 Å². The van der Waals surface area contributed by atoms with Crippen molar-refractivity contribution >= 4 is 29.3 Å². The maximum atomic E-state index is 12.0. The minimum Gasteiger partial charge on any atom is -0.486 e. The van der Waals surface area contributed by atoms with Gasteiger partial charge in [-0.1, -0.05) is 35.4 Å². The zero-order chi connectivity index (χ0) is 18.9. The first-order chi connectivity index (χ1) is 12.5. The lowest BCUT2D eigenvalue weighted by atomic mass is 10.3. The second kappa shape index (κ2) is 9.90. The Balaban J connectivity index is 2.06. The number of halogens is 1. The first-order valence-electron chi connectivity index (χ1n) is 7.84. The molecule has 136 valence electrons. The Bertz CT molecular complexity index is 799. The summed E-state index contributed by atoms with van der Waals surface area (Å²) in [7, 11) is 0. The molecule has 2 rings (SSSR count). The molecule has 2 aromatic rings. The normalized spacial score (nSPS) is 11.4. The lowest BCUT2D eigenvalue weighted by Gasteiger charge is -2.12. The molecule has 0 aliphatic heterocycles. The molecule has 26 heavy (non-hydrogen) atoms. The predicted octanol–water partition coefficient (Wildman–Crippen LogP) is 2.93. The first kappa shape index (κ1) is 19.9. The average molecular weight is 391 g/mol. The van der Waals surface area contributed by atoms with Crippen LogP contribution in [0.5, 0.6) is 5.75 Å². The van der Waals surface area contributed by atoms with Crippen LogP contribution in [0.3, 0.4) is 0 Å². The molecule has 0 radical (unpaired) electrons. The molecular formula is C18H19ClN4O2S. The number of carbonyl (C=O) groups is 1. The molecular weight excluding hydrogens is 372 g/mol. The van der Waals surface area contributed by atoms with Gasteiger partial charge in [0.25, 0.3) is 0 Å². The summed E-state index contributed by atoms with van der Waals surface area (Å²) in [5.74, 6) is 3.54. The quantitative estimate of drug-likeness (QED) is 0.405. The zero-order valence-corrected chi connectivity index (χ0v) is 15.9. The first-order valence-corrected chi connectivity index (χ1v) is 9.10. The van der Waals surface area contributed by atoms with Crippen LogP contribution < -0.4 is 10.1 Å². The van der Waals surface area contributed by atoms with Crippen molar-refractivity contribution in [2.75, 3.05) is 6.54 Å². The monoisotopic (exact) mass is 390 g/mol. The molecule has 1 amide bonds. The number of hydrogen-bond acceptors (Lipinski definition) is 5. The van der Waals surface area contributed by atoms with Crippen molar-refractivity contribution in [2.45, 2.75) is 30.5 Å². The van der Waals surface area contributed by atoms with Crippen molar-refractivity contribution in [3.63, 3.8) is 0 Å². The standard InChI is InChI=1S/C18H19ClN4O2S/c1-4-10-20-17(24)13(3)26-18-22-21-16(23(18)11-5-2)12-25-15-8-6-14(19)7-9-15/h1,5-9,13H,2,10-12H2,3H3,(H,20,24). The molecule has 8 heteroatoms. The van der Waals surface area contributed by atoms with Crippen molar-refractivity contribution in [2.24, 2.45) is 0 Å². The van der Waals surface area contributed by atoms with Gasteiger partial charge < -0.3 is 10.1 Å². The highest BCUT2D eigenvalue weighted by atomic mass is 35.5. The molecule has 0 aliphatic carbocycles. The lowest BCUT2D eigenvalue weighted by molar-refractivity contribution is -0.120. The van der Waals surface area contributed by atoms with Crippen molar-refractivity contribution in [3.8, 4) is 18.1 Å². The fraction of sp³-hybridized carbons (Fsp3) is 0.278. The van der Waals surface area contributed by atoms with E-state index in [1.54, 1.807) is 37.3 Å². The number of nitrogens with one attached hydrogen (secondary N) is 1.